The fourth-order valence-electron chi connectivity index (χ4n) is 8.32. The highest BCUT2D eigenvalue weighted by molar-refractivity contribution is 7.91. The van der Waals surface area contributed by atoms with Gasteiger partial charge < -0.3 is 10.2 Å². The molecule has 0 bridgehead atoms. The van der Waals surface area contributed by atoms with Crippen molar-refractivity contribution in [2.75, 3.05) is 12.5 Å². The van der Waals surface area contributed by atoms with E-state index >= 15 is 0 Å². The molecule has 8 aromatic carbocycles. The second kappa shape index (κ2) is 16.9. The van der Waals surface area contributed by atoms with Gasteiger partial charge in [-0.1, -0.05) is 59.6 Å². The third-order valence-electron chi connectivity index (χ3n) is 11.8. The SMILES string of the molecule is CS(=O)(=O)c1ccc(-n2cc3c(-c4cc(Cc5ccc(O)c(-c6cc(-c7ccc(Cl)cc7)cc7cn(-c8ccc(S(C)(=O)=O)cc8)nc67)c5)ccc4O)cc(-c4ccc(Cl)cc4)cc3n2)cc1. The van der Waals surface area contributed by atoms with Crippen LogP contribution in [0.25, 0.3) is 77.7 Å². The van der Waals surface area contributed by atoms with Crippen molar-refractivity contribution in [1.82, 2.24) is 19.6 Å². The number of nitrogens with zero attached hydrogens (tertiary/aromatic N) is 4. The molecule has 0 aliphatic carbocycles. The van der Waals surface area contributed by atoms with Crippen molar-refractivity contribution in [1.29, 1.82) is 0 Å². The summed E-state index contributed by atoms with van der Waals surface area (Å²) in [6.07, 6.45) is 6.52. The van der Waals surface area contributed by atoms with Crippen molar-refractivity contribution in [2.24, 2.45) is 0 Å². The third-order valence-corrected chi connectivity index (χ3v) is 14.5. The number of benzene rings is 8. The smallest absolute Gasteiger partial charge is 0.175 e. The maximum absolute atomic E-state index is 12.2. The van der Waals surface area contributed by atoms with E-state index in [1.54, 1.807) is 70.0 Å². The van der Waals surface area contributed by atoms with Crippen molar-refractivity contribution >= 4 is 64.7 Å². The minimum atomic E-state index is -3.40. The molecule has 0 atom stereocenters. The highest BCUT2D eigenvalue weighted by Gasteiger charge is 2.20. The number of hydrogen-bond acceptors (Lipinski definition) is 8. The minimum Gasteiger partial charge on any atom is -0.507 e. The van der Waals surface area contributed by atoms with Crippen molar-refractivity contribution in [3.05, 3.63) is 191 Å². The molecular weight excluding hydrogens is 924 g/mol. The van der Waals surface area contributed by atoms with Gasteiger partial charge in [-0.25, -0.2) is 26.2 Å². The Bertz CT molecular complexity index is 3550. The van der Waals surface area contributed by atoms with E-state index in [4.69, 9.17) is 33.4 Å². The standard InChI is InChI=1S/C53H38Cl2N4O6S2/c1-66(62,63)43-17-13-41(14-18-43)58-30-38-26-36(34-5-9-39(54)10-6-34)28-48(53(38)57-58)47-25-33(4-22-52(47)61)23-32-3-21-51(60)46(24-32)45-27-37(35-7-11-40(55)12-8-35)29-50-49(45)31-59(56-50)42-15-19-44(20-16-42)67(2,64)65/h3-22,24-31,60-61H,23H2,1-2H3. The molecule has 10 nitrogen and oxygen atoms in total. The van der Waals surface area contributed by atoms with Crippen molar-refractivity contribution in [3.63, 3.8) is 0 Å². The number of aromatic hydroxyl groups is 2. The van der Waals surface area contributed by atoms with Crippen LogP contribution in [0.5, 0.6) is 11.5 Å². The van der Waals surface area contributed by atoms with E-state index in [1.165, 1.54) is 12.5 Å². The first-order chi connectivity index (χ1) is 32.0. The average Bonchev–Trinajstić information content (AvgIpc) is 3.95. The molecule has 0 aliphatic rings. The summed E-state index contributed by atoms with van der Waals surface area (Å²) in [7, 11) is -6.79. The Morgan fingerprint density at radius 1 is 0.478 bits per heavy atom. The molecule has 10 rings (SSSR count). The molecule has 0 fully saturated rings. The van der Waals surface area contributed by atoms with Crippen LogP contribution in [0.1, 0.15) is 11.1 Å². The van der Waals surface area contributed by atoms with Gasteiger partial charge >= 0.3 is 0 Å². The first-order valence-electron chi connectivity index (χ1n) is 20.9. The Kier molecular flexibility index (Phi) is 11.0. The van der Waals surface area contributed by atoms with Crippen molar-refractivity contribution < 1.29 is 27.0 Å². The van der Waals surface area contributed by atoms with Crippen LogP contribution < -0.4 is 0 Å². The number of rotatable bonds is 10. The van der Waals surface area contributed by atoms with Gasteiger partial charge in [0.2, 0.25) is 0 Å². The summed E-state index contributed by atoms with van der Waals surface area (Å²) in [6, 6.07) is 47.0. The van der Waals surface area contributed by atoms with E-state index in [-0.39, 0.29) is 21.3 Å². The second-order valence-corrected chi connectivity index (χ2v) is 21.4. The summed E-state index contributed by atoms with van der Waals surface area (Å²) < 4.78 is 52.2. The van der Waals surface area contributed by atoms with Gasteiger partial charge in [-0.2, -0.15) is 10.2 Å². The Balaban J connectivity index is 1.06. The molecule has 2 aromatic heterocycles. The molecule has 0 saturated heterocycles. The number of sulfone groups is 2. The van der Waals surface area contributed by atoms with Gasteiger partial charge in [0.05, 0.1) is 26.7 Å². The van der Waals surface area contributed by atoms with E-state index in [0.717, 1.165) is 49.7 Å². The highest BCUT2D eigenvalue weighted by Crippen LogP contribution is 2.42. The van der Waals surface area contributed by atoms with Crippen LogP contribution in [0.3, 0.4) is 0 Å². The predicted octanol–water partition coefficient (Wildman–Crippen LogP) is 12.1. The van der Waals surface area contributed by atoms with Crippen molar-refractivity contribution in [2.45, 2.75) is 16.2 Å². The minimum absolute atomic E-state index is 0.0566. The third kappa shape index (κ3) is 8.80. The lowest BCUT2D eigenvalue weighted by atomic mass is 9.92. The summed E-state index contributed by atoms with van der Waals surface area (Å²) in [5, 5.41) is 35.8. The molecule has 2 heterocycles. The first-order valence-corrected chi connectivity index (χ1v) is 25.4. The molecule has 67 heavy (non-hydrogen) atoms. The molecule has 0 aliphatic heterocycles. The predicted molar refractivity (Wildman–Crippen MR) is 266 cm³/mol. The molecular formula is C53H38Cl2N4O6S2. The maximum atomic E-state index is 12.2. The number of hydrogen-bond donors (Lipinski definition) is 2. The average molecular weight is 962 g/mol. The lowest BCUT2D eigenvalue weighted by molar-refractivity contribution is 0.477. The van der Waals surface area contributed by atoms with Gasteiger partial charge in [0.25, 0.3) is 0 Å². The zero-order valence-electron chi connectivity index (χ0n) is 35.8. The molecule has 0 amide bonds. The molecule has 14 heteroatoms. The molecule has 0 saturated carbocycles. The number of phenols is 2. The molecule has 0 spiro atoms. The summed E-state index contributed by atoms with van der Waals surface area (Å²) >= 11 is 12.5. The zero-order chi connectivity index (χ0) is 46.8. The van der Waals surface area contributed by atoms with E-state index in [9.17, 15) is 27.0 Å². The lowest BCUT2D eigenvalue weighted by Crippen LogP contribution is -1.99. The fraction of sp³-hybridized carbons (Fsp3) is 0.0566. The van der Waals surface area contributed by atoms with Crippen LogP contribution >= 0.6 is 23.2 Å². The largest absolute Gasteiger partial charge is 0.507 e. The summed E-state index contributed by atoms with van der Waals surface area (Å²) in [6.45, 7) is 0. The van der Waals surface area contributed by atoms with E-state index in [1.807, 2.05) is 109 Å². The highest BCUT2D eigenvalue weighted by atomic mass is 35.5. The first kappa shape index (κ1) is 43.7. The Labute approximate surface area is 396 Å². The van der Waals surface area contributed by atoms with E-state index < -0.39 is 19.7 Å². The normalized spacial score (nSPS) is 12.0. The molecule has 0 unspecified atom stereocenters. The van der Waals surface area contributed by atoms with Crippen LogP contribution in [-0.4, -0.2) is 59.1 Å². The van der Waals surface area contributed by atoms with Gasteiger partial charge in [0, 0.05) is 62.4 Å². The number of phenolic OH excluding ortho intramolecular Hbond substituents is 2. The van der Waals surface area contributed by atoms with E-state index in [0.29, 0.717) is 55.6 Å². The van der Waals surface area contributed by atoms with Gasteiger partial charge in [0.1, 0.15) is 17.0 Å². The van der Waals surface area contributed by atoms with Gasteiger partial charge in [0.15, 0.2) is 19.7 Å². The second-order valence-electron chi connectivity index (χ2n) is 16.5. The number of fused-ring (bicyclic) bond motifs is 2. The zero-order valence-corrected chi connectivity index (χ0v) is 38.9. The van der Waals surface area contributed by atoms with Gasteiger partial charge in [-0.3, -0.25) is 0 Å². The summed E-state index contributed by atoms with van der Waals surface area (Å²) in [4.78, 5) is 0.404. The van der Waals surface area contributed by atoms with Crippen LogP contribution in [0.4, 0.5) is 0 Å². The van der Waals surface area contributed by atoms with Crippen LogP contribution in [0, 0.1) is 0 Å². The Hall–Kier alpha value is -7.22. The lowest BCUT2D eigenvalue weighted by Gasteiger charge is -2.13. The van der Waals surface area contributed by atoms with Crippen LogP contribution in [0.2, 0.25) is 10.0 Å². The number of halogens is 2. The maximum Gasteiger partial charge on any atom is 0.175 e. The van der Waals surface area contributed by atoms with E-state index in [2.05, 4.69) is 0 Å². The Morgan fingerprint density at radius 3 is 1.45 bits per heavy atom. The number of aromatic nitrogens is 4. The quantitative estimate of drug-likeness (QED) is 0.138. The summed E-state index contributed by atoms with van der Waals surface area (Å²) in [5.41, 5.74) is 10.5. The van der Waals surface area contributed by atoms with Crippen LogP contribution in [-0.2, 0) is 26.1 Å². The topological polar surface area (TPSA) is 144 Å². The van der Waals surface area contributed by atoms with Crippen LogP contribution in [0.15, 0.2) is 180 Å². The molecule has 10 aromatic rings. The Morgan fingerprint density at radius 2 is 0.940 bits per heavy atom. The fourth-order valence-corrected chi connectivity index (χ4v) is 9.83. The molecule has 332 valence electrons. The van der Waals surface area contributed by atoms with Crippen molar-refractivity contribution in [3.8, 4) is 67.4 Å². The van der Waals surface area contributed by atoms with Gasteiger partial charge in [-0.15, -0.1) is 0 Å². The van der Waals surface area contributed by atoms with Gasteiger partial charge in [-0.05, 0) is 167 Å². The molecule has 0 radical (unpaired) electrons. The molecule has 2 N–H and O–H groups in total. The summed E-state index contributed by atoms with van der Waals surface area (Å²) in [5.74, 6) is 0.124. The monoisotopic (exact) mass is 960 g/mol.